The van der Waals surface area contributed by atoms with Crippen LogP contribution in [-0.4, -0.2) is 27.2 Å². The van der Waals surface area contributed by atoms with E-state index in [9.17, 15) is 9.18 Å². The zero-order valence-electron chi connectivity index (χ0n) is 15.2. The van der Waals surface area contributed by atoms with Gasteiger partial charge in [0.25, 0.3) is 5.91 Å². The molecule has 0 saturated heterocycles. The molecule has 0 radical (unpaired) electrons. The Balaban J connectivity index is 1.76. The molecule has 6 nitrogen and oxygen atoms in total. The van der Waals surface area contributed by atoms with E-state index in [4.69, 9.17) is 0 Å². The number of nitrogens with zero attached hydrogens (tertiary/aromatic N) is 3. The molecule has 7 heteroatoms. The summed E-state index contributed by atoms with van der Waals surface area (Å²) in [6, 6.07) is 12.0. The third kappa shape index (κ3) is 2.51. The minimum Gasteiger partial charge on any atom is -0.377 e. The number of anilines is 1. The van der Waals surface area contributed by atoms with Crippen LogP contribution in [0.25, 0.3) is 5.57 Å². The largest absolute Gasteiger partial charge is 0.377 e. The van der Waals surface area contributed by atoms with Crippen molar-refractivity contribution in [2.24, 2.45) is 7.05 Å². The Kier molecular flexibility index (Phi) is 3.75. The molecular weight excluding hydrogens is 357 g/mol. The van der Waals surface area contributed by atoms with Crippen molar-refractivity contribution in [3.63, 3.8) is 0 Å². The van der Waals surface area contributed by atoms with E-state index in [1.54, 1.807) is 16.8 Å². The molecule has 28 heavy (non-hydrogen) atoms. The SMILES string of the molecule is Cn1ncnc1C1C2=CCNC(=O)c3cccc(c32)NC1c1ccc(F)cc1. The molecular formula is C21H18FN5O. The first-order chi connectivity index (χ1) is 13.6. The first-order valence-corrected chi connectivity index (χ1v) is 9.11. The summed E-state index contributed by atoms with van der Waals surface area (Å²) in [4.78, 5) is 17.0. The zero-order chi connectivity index (χ0) is 19.3. The number of aryl methyl sites for hydroxylation is 1. The highest BCUT2D eigenvalue weighted by atomic mass is 19.1. The quantitative estimate of drug-likeness (QED) is 0.722. The molecule has 1 amide bonds. The van der Waals surface area contributed by atoms with Gasteiger partial charge in [0.1, 0.15) is 18.0 Å². The highest BCUT2D eigenvalue weighted by Gasteiger charge is 2.39. The molecule has 0 fully saturated rings. The van der Waals surface area contributed by atoms with Gasteiger partial charge in [-0.3, -0.25) is 9.48 Å². The lowest BCUT2D eigenvalue weighted by Gasteiger charge is -2.37. The lowest BCUT2D eigenvalue weighted by molar-refractivity contribution is 0.0958. The number of amides is 1. The number of aromatic nitrogens is 3. The zero-order valence-corrected chi connectivity index (χ0v) is 15.2. The molecule has 1 aromatic heterocycles. The van der Waals surface area contributed by atoms with Crippen LogP contribution in [0.4, 0.5) is 10.1 Å². The van der Waals surface area contributed by atoms with Crippen LogP contribution in [0.15, 0.2) is 54.9 Å². The second-order valence-corrected chi connectivity index (χ2v) is 6.99. The predicted molar refractivity (Wildman–Crippen MR) is 103 cm³/mol. The summed E-state index contributed by atoms with van der Waals surface area (Å²) >= 11 is 0. The van der Waals surface area contributed by atoms with Crippen LogP contribution in [0.2, 0.25) is 0 Å². The summed E-state index contributed by atoms with van der Waals surface area (Å²) in [6.45, 7) is 0.437. The maximum atomic E-state index is 13.5. The van der Waals surface area contributed by atoms with Gasteiger partial charge in [0, 0.05) is 30.4 Å². The van der Waals surface area contributed by atoms with Gasteiger partial charge in [-0.05, 0) is 35.4 Å². The second kappa shape index (κ2) is 6.30. The van der Waals surface area contributed by atoms with Crippen molar-refractivity contribution in [2.75, 3.05) is 11.9 Å². The number of carbonyl (C=O) groups excluding carboxylic acids is 1. The molecule has 2 N–H and O–H groups in total. The summed E-state index contributed by atoms with van der Waals surface area (Å²) in [7, 11) is 1.85. The summed E-state index contributed by atoms with van der Waals surface area (Å²) in [6.07, 6.45) is 3.57. The van der Waals surface area contributed by atoms with E-state index in [-0.39, 0.29) is 23.7 Å². The summed E-state index contributed by atoms with van der Waals surface area (Å²) in [5.41, 5.74) is 4.37. The molecule has 2 aliphatic rings. The Morgan fingerprint density at radius 1 is 1.18 bits per heavy atom. The minimum absolute atomic E-state index is 0.0955. The van der Waals surface area contributed by atoms with E-state index < -0.39 is 0 Å². The third-order valence-corrected chi connectivity index (χ3v) is 5.42. The van der Waals surface area contributed by atoms with E-state index in [0.717, 1.165) is 28.2 Å². The fraction of sp³-hybridized carbons (Fsp3) is 0.190. The summed E-state index contributed by atoms with van der Waals surface area (Å²) < 4.78 is 15.3. The molecule has 2 aromatic carbocycles. The van der Waals surface area contributed by atoms with Crippen LogP contribution in [0.3, 0.4) is 0 Å². The molecule has 0 spiro atoms. The molecule has 140 valence electrons. The number of nitrogens with one attached hydrogen (secondary N) is 2. The fourth-order valence-electron chi connectivity index (χ4n) is 4.16. The van der Waals surface area contributed by atoms with Crippen molar-refractivity contribution in [1.82, 2.24) is 20.1 Å². The molecule has 0 bridgehead atoms. The van der Waals surface area contributed by atoms with E-state index in [0.29, 0.717) is 12.1 Å². The maximum Gasteiger partial charge on any atom is 0.252 e. The number of rotatable bonds is 2. The Bertz CT molecular complexity index is 1100. The Morgan fingerprint density at radius 2 is 2.00 bits per heavy atom. The van der Waals surface area contributed by atoms with Gasteiger partial charge in [-0.25, -0.2) is 9.37 Å². The number of benzene rings is 2. The van der Waals surface area contributed by atoms with Crippen molar-refractivity contribution >= 4 is 17.2 Å². The van der Waals surface area contributed by atoms with Gasteiger partial charge in [-0.2, -0.15) is 5.10 Å². The van der Waals surface area contributed by atoms with Crippen molar-refractivity contribution in [3.05, 3.63) is 83.2 Å². The molecule has 2 unspecified atom stereocenters. The molecule has 2 atom stereocenters. The lowest BCUT2D eigenvalue weighted by atomic mass is 9.77. The van der Waals surface area contributed by atoms with E-state index in [1.807, 2.05) is 31.3 Å². The molecule has 3 aromatic rings. The predicted octanol–water partition coefficient (Wildman–Crippen LogP) is 3.03. The average molecular weight is 375 g/mol. The standard InChI is InChI=1S/C21H18FN5O/c1-27-20(24-11-25-27)18-14-9-10-23-21(28)15-3-2-4-16(17(14)15)26-19(18)12-5-7-13(22)8-6-12/h2-9,11,18-19,26H,10H2,1H3,(H,23,28). The number of carbonyl (C=O) groups is 1. The Labute approximate surface area is 161 Å². The highest BCUT2D eigenvalue weighted by Crippen LogP contribution is 2.50. The maximum absolute atomic E-state index is 13.5. The third-order valence-electron chi connectivity index (χ3n) is 5.42. The number of hydrogen-bond donors (Lipinski definition) is 2. The van der Waals surface area contributed by atoms with Crippen LogP contribution >= 0.6 is 0 Å². The molecule has 3 heterocycles. The highest BCUT2D eigenvalue weighted by molar-refractivity contribution is 6.04. The molecule has 2 aliphatic heterocycles. The fourth-order valence-corrected chi connectivity index (χ4v) is 4.16. The summed E-state index contributed by atoms with van der Waals surface area (Å²) in [5.74, 6) is 0.227. The smallest absolute Gasteiger partial charge is 0.252 e. The van der Waals surface area contributed by atoms with Crippen LogP contribution in [0, 0.1) is 5.82 Å². The van der Waals surface area contributed by atoms with Gasteiger partial charge in [0.05, 0.1) is 12.0 Å². The van der Waals surface area contributed by atoms with Gasteiger partial charge in [0.2, 0.25) is 0 Å². The Morgan fingerprint density at radius 3 is 2.75 bits per heavy atom. The van der Waals surface area contributed by atoms with Crippen LogP contribution in [0.1, 0.15) is 39.3 Å². The monoisotopic (exact) mass is 375 g/mol. The minimum atomic E-state index is -0.277. The van der Waals surface area contributed by atoms with Gasteiger partial charge in [-0.1, -0.05) is 24.3 Å². The van der Waals surface area contributed by atoms with Crippen molar-refractivity contribution in [3.8, 4) is 0 Å². The number of hydrogen-bond acceptors (Lipinski definition) is 4. The Hall–Kier alpha value is -3.48. The van der Waals surface area contributed by atoms with Crippen LogP contribution in [0.5, 0.6) is 0 Å². The molecule has 0 saturated carbocycles. The van der Waals surface area contributed by atoms with Gasteiger partial charge in [0.15, 0.2) is 0 Å². The average Bonchev–Trinajstić information content (AvgIpc) is 3.05. The first kappa shape index (κ1) is 16.7. The van der Waals surface area contributed by atoms with Crippen molar-refractivity contribution in [1.29, 1.82) is 0 Å². The van der Waals surface area contributed by atoms with Gasteiger partial charge < -0.3 is 10.6 Å². The number of halogens is 1. The molecule has 5 rings (SSSR count). The normalized spacial score (nSPS) is 20.5. The second-order valence-electron chi connectivity index (χ2n) is 6.99. The van der Waals surface area contributed by atoms with E-state index >= 15 is 0 Å². The lowest BCUT2D eigenvalue weighted by Crippen LogP contribution is -2.29. The van der Waals surface area contributed by atoms with Crippen LogP contribution in [-0.2, 0) is 7.05 Å². The van der Waals surface area contributed by atoms with Crippen molar-refractivity contribution in [2.45, 2.75) is 12.0 Å². The first-order valence-electron chi connectivity index (χ1n) is 9.11. The van der Waals surface area contributed by atoms with Gasteiger partial charge in [-0.15, -0.1) is 0 Å². The summed E-state index contributed by atoms with van der Waals surface area (Å²) in [5, 5.41) is 10.7. The molecule has 0 aliphatic carbocycles. The topological polar surface area (TPSA) is 71.8 Å². The van der Waals surface area contributed by atoms with Gasteiger partial charge >= 0.3 is 0 Å². The van der Waals surface area contributed by atoms with E-state index in [2.05, 4.69) is 20.7 Å². The van der Waals surface area contributed by atoms with Crippen molar-refractivity contribution < 1.29 is 9.18 Å². The van der Waals surface area contributed by atoms with E-state index in [1.165, 1.54) is 18.5 Å². The van der Waals surface area contributed by atoms with Crippen LogP contribution < -0.4 is 10.6 Å².